The van der Waals surface area contributed by atoms with Crippen LogP contribution in [0.2, 0.25) is 0 Å². The van der Waals surface area contributed by atoms with Crippen LogP contribution >= 0.6 is 11.3 Å². The Kier molecular flexibility index (Phi) is 2.09. The summed E-state index contributed by atoms with van der Waals surface area (Å²) in [6.07, 6.45) is 0. The maximum atomic E-state index is 10.4. The molecule has 0 atom stereocenters. The zero-order valence-electron chi connectivity index (χ0n) is 6.92. The maximum Gasteiger partial charge on any atom is 0.131 e. The van der Waals surface area contributed by atoms with Crippen LogP contribution in [0.4, 0.5) is 0 Å². The van der Waals surface area contributed by atoms with Crippen molar-refractivity contribution in [2.45, 2.75) is 26.3 Å². The van der Waals surface area contributed by atoms with Gasteiger partial charge in [-0.05, 0) is 37.8 Å². The molecule has 0 radical (unpaired) electrons. The Labute approximate surface area is 70.2 Å². The molecule has 3 heteroatoms. The molecule has 0 bridgehead atoms. The molecule has 1 rings (SSSR count). The predicted molar refractivity (Wildman–Crippen MR) is 47.9 cm³/mol. The van der Waals surface area contributed by atoms with Crippen LogP contribution in [0.3, 0.4) is 0 Å². The molecule has 0 spiro atoms. The summed E-state index contributed by atoms with van der Waals surface area (Å²) in [4.78, 5) is 11.4. The normalized spacial score (nSPS) is 11.5. The van der Waals surface area contributed by atoms with Gasteiger partial charge in [0.2, 0.25) is 0 Å². The van der Waals surface area contributed by atoms with Crippen molar-refractivity contribution in [2.24, 2.45) is 5.18 Å². The van der Waals surface area contributed by atoms with E-state index in [1.54, 1.807) is 11.3 Å². The molecule has 0 fully saturated rings. The second kappa shape index (κ2) is 2.74. The lowest BCUT2D eigenvalue weighted by Gasteiger charge is -2.11. The first-order chi connectivity index (χ1) is 5.06. The van der Waals surface area contributed by atoms with Crippen molar-refractivity contribution in [3.8, 4) is 0 Å². The average molecular weight is 169 g/mol. The Morgan fingerprint density at radius 2 is 2.18 bits per heavy atom. The van der Waals surface area contributed by atoms with E-state index in [1.807, 2.05) is 32.2 Å². The van der Waals surface area contributed by atoms with Gasteiger partial charge >= 0.3 is 0 Å². The molecule has 1 aromatic rings. The predicted octanol–water partition coefficient (Wildman–Crippen LogP) is 3.06. The van der Waals surface area contributed by atoms with E-state index in [2.05, 4.69) is 5.18 Å². The Bertz CT molecular complexity index is 265. The molecule has 0 saturated heterocycles. The molecule has 0 saturated carbocycles. The molecule has 0 amide bonds. The minimum Gasteiger partial charge on any atom is -0.150 e. The quantitative estimate of drug-likeness (QED) is 0.625. The third-order valence-electron chi connectivity index (χ3n) is 1.56. The highest BCUT2D eigenvalue weighted by atomic mass is 32.1. The standard InChI is InChI=1S/C8H11NOS/c1-6-4-7(11-5-6)8(2,3)9-10/h4-5H,1-3H3. The summed E-state index contributed by atoms with van der Waals surface area (Å²) in [5.41, 5.74) is 0.639. The summed E-state index contributed by atoms with van der Waals surface area (Å²) in [6, 6.07) is 2.01. The summed E-state index contributed by atoms with van der Waals surface area (Å²) in [7, 11) is 0. The molecule has 0 aromatic carbocycles. The number of nitrogens with zero attached hydrogens (tertiary/aromatic N) is 1. The van der Waals surface area contributed by atoms with Crippen molar-refractivity contribution in [2.75, 3.05) is 0 Å². The van der Waals surface area contributed by atoms with Gasteiger partial charge in [-0.1, -0.05) is 5.18 Å². The van der Waals surface area contributed by atoms with Crippen molar-refractivity contribution in [1.29, 1.82) is 0 Å². The molecule has 0 aliphatic heterocycles. The van der Waals surface area contributed by atoms with Crippen molar-refractivity contribution in [3.63, 3.8) is 0 Å². The minimum absolute atomic E-state index is 0.557. The van der Waals surface area contributed by atoms with Gasteiger partial charge in [0, 0.05) is 4.88 Å². The van der Waals surface area contributed by atoms with Gasteiger partial charge in [0.25, 0.3) is 0 Å². The molecule has 60 valence electrons. The number of aryl methyl sites for hydroxylation is 1. The molecule has 1 aromatic heterocycles. The smallest absolute Gasteiger partial charge is 0.131 e. The van der Waals surface area contributed by atoms with E-state index in [1.165, 1.54) is 5.56 Å². The SMILES string of the molecule is Cc1csc(C(C)(C)N=O)c1. The van der Waals surface area contributed by atoms with Crippen molar-refractivity contribution in [3.05, 3.63) is 26.8 Å². The molecule has 0 unspecified atom stereocenters. The van der Waals surface area contributed by atoms with Gasteiger partial charge in [-0.3, -0.25) is 0 Å². The van der Waals surface area contributed by atoms with E-state index in [9.17, 15) is 4.91 Å². The highest BCUT2D eigenvalue weighted by molar-refractivity contribution is 7.10. The van der Waals surface area contributed by atoms with Gasteiger partial charge in [-0.25, -0.2) is 0 Å². The van der Waals surface area contributed by atoms with E-state index in [4.69, 9.17) is 0 Å². The third kappa shape index (κ3) is 1.66. The molecule has 0 N–H and O–H groups in total. The Balaban J connectivity index is 3.01. The molecular formula is C8H11NOS. The van der Waals surface area contributed by atoms with E-state index < -0.39 is 5.54 Å². The zero-order valence-corrected chi connectivity index (χ0v) is 7.73. The van der Waals surface area contributed by atoms with Crippen LogP contribution in [0.15, 0.2) is 16.6 Å². The third-order valence-corrected chi connectivity index (χ3v) is 2.92. The number of nitroso groups, excluding NO2 is 1. The Morgan fingerprint density at radius 3 is 2.55 bits per heavy atom. The van der Waals surface area contributed by atoms with Gasteiger partial charge < -0.3 is 0 Å². The van der Waals surface area contributed by atoms with Crippen LogP contribution in [-0.4, -0.2) is 0 Å². The zero-order chi connectivity index (χ0) is 8.48. The Hall–Kier alpha value is -0.700. The fourth-order valence-electron chi connectivity index (χ4n) is 0.797. The first-order valence-corrected chi connectivity index (χ1v) is 4.34. The largest absolute Gasteiger partial charge is 0.150 e. The summed E-state index contributed by atoms with van der Waals surface area (Å²) >= 11 is 1.59. The molecule has 2 nitrogen and oxygen atoms in total. The van der Waals surface area contributed by atoms with Crippen LogP contribution in [-0.2, 0) is 5.54 Å². The van der Waals surface area contributed by atoms with Gasteiger partial charge in [-0.2, -0.15) is 0 Å². The lowest BCUT2D eigenvalue weighted by molar-refractivity contribution is 0.564. The Morgan fingerprint density at radius 1 is 1.55 bits per heavy atom. The van der Waals surface area contributed by atoms with Crippen molar-refractivity contribution >= 4 is 11.3 Å². The van der Waals surface area contributed by atoms with Crippen molar-refractivity contribution < 1.29 is 0 Å². The van der Waals surface area contributed by atoms with Crippen LogP contribution in [0.1, 0.15) is 24.3 Å². The van der Waals surface area contributed by atoms with Gasteiger partial charge in [0.1, 0.15) is 5.54 Å². The summed E-state index contributed by atoms with van der Waals surface area (Å²) in [6.45, 7) is 5.66. The number of hydrogen-bond acceptors (Lipinski definition) is 3. The van der Waals surface area contributed by atoms with E-state index in [-0.39, 0.29) is 0 Å². The fraction of sp³-hybridized carbons (Fsp3) is 0.500. The molecule has 0 aliphatic rings. The molecule has 0 aliphatic carbocycles. The lowest BCUT2D eigenvalue weighted by Crippen LogP contribution is -2.09. The summed E-state index contributed by atoms with van der Waals surface area (Å²) in [5, 5.41) is 5.09. The number of hydrogen-bond donors (Lipinski definition) is 0. The summed E-state index contributed by atoms with van der Waals surface area (Å²) < 4.78 is 0. The first kappa shape index (κ1) is 8.40. The average Bonchev–Trinajstić information content (AvgIpc) is 2.36. The second-order valence-electron chi connectivity index (χ2n) is 3.14. The van der Waals surface area contributed by atoms with E-state index in [0.29, 0.717) is 0 Å². The van der Waals surface area contributed by atoms with Gasteiger partial charge in [0.15, 0.2) is 0 Å². The van der Waals surface area contributed by atoms with Crippen LogP contribution in [0.25, 0.3) is 0 Å². The van der Waals surface area contributed by atoms with E-state index >= 15 is 0 Å². The van der Waals surface area contributed by atoms with E-state index in [0.717, 1.165) is 4.88 Å². The fourth-order valence-corrected chi connectivity index (χ4v) is 1.76. The molecular weight excluding hydrogens is 158 g/mol. The minimum atomic E-state index is -0.557. The van der Waals surface area contributed by atoms with Crippen LogP contribution in [0.5, 0.6) is 0 Å². The topological polar surface area (TPSA) is 29.4 Å². The van der Waals surface area contributed by atoms with Crippen LogP contribution < -0.4 is 0 Å². The number of rotatable bonds is 2. The monoisotopic (exact) mass is 169 g/mol. The highest BCUT2D eigenvalue weighted by Gasteiger charge is 2.22. The molecule has 1 heterocycles. The first-order valence-electron chi connectivity index (χ1n) is 3.46. The lowest BCUT2D eigenvalue weighted by atomic mass is 10.0. The maximum absolute atomic E-state index is 10.4. The van der Waals surface area contributed by atoms with Gasteiger partial charge in [0.05, 0.1) is 0 Å². The summed E-state index contributed by atoms with van der Waals surface area (Å²) in [5.74, 6) is 0. The van der Waals surface area contributed by atoms with Crippen LogP contribution in [0, 0.1) is 11.8 Å². The second-order valence-corrected chi connectivity index (χ2v) is 4.05. The van der Waals surface area contributed by atoms with Crippen molar-refractivity contribution in [1.82, 2.24) is 0 Å². The molecule has 11 heavy (non-hydrogen) atoms. The highest BCUT2D eigenvalue weighted by Crippen LogP contribution is 2.29. The van der Waals surface area contributed by atoms with Gasteiger partial charge in [-0.15, -0.1) is 16.2 Å². The number of thiophene rings is 1.